The summed E-state index contributed by atoms with van der Waals surface area (Å²) in [5.41, 5.74) is 13.9. The van der Waals surface area contributed by atoms with Gasteiger partial charge >= 0.3 is 0 Å². The average molecular weight is 678 g/mol. The van der Waals surface area contributed by atoms with Crippen LogP contribution in [-0.2, 0) is 0 Å². The fraction of sp³-hybridized carbons (Fsp3) is 0.0962. The standard InChI is InChI=1S/C52H39N/c1-34-24-26-36(27-25-34)40-32-33-48(42-16-5-4-15-41(40)42)52-46-19-8-6-17-44(46)51(45-18-7-9-20-47(45)52)38-30-28-37(29-31-38)49-22-11-23-50(53-49)43-21-10-13-35-12-2-3-14-39(35)43/h2-24,26,28-33,44,46H,25,27H2,1H3. The van der Waals surface area contributed by atoms with E-state index in [4.69, 9.17) is 4.98 Å². The molecular weight excluding hydrogens is 639 g/mol. The second-order valence-electron chi connectivity index (χ2n) is 14.6. The first-order chi connectivity index (χ1) is 26.2. The first-order valence-corrected chi connectivity index (χ1v) is 18.8. The first-order valence-electron chi connectivity index (χ1n) is 18.8. The normalized spacial score (nSPS) is 17.8. The van der Waals surface area contributed by atoms with Crippen LogP contribution in [0.3, 0.4) is 0 Å². The lowest BCUT2D eigenvalue weighted by Crippen LogP contribution is -2.40. The molecular formula is C52H39N. The molecule has 0 saturated carbocycles. The topological polar surface area (TPSA) is 12.9 Å². The zero-order valence-electron chi connectivity index (χ0n) is 29.8. The van der Waals surface area contributed by atoms with Gasteiger partial charge in [-0.1, -0.05) is 175 Å². The zero-order valence-corrected chi connectivity index (χ0v) is 29.8. The SMILES string of the molecule is CC1=CC=C(c2ccc(C3=c4ccccc4=C(c4ccc(-c5cccc(-c6cccc7ccccc67)n5)cc4)C4C=CC=CC34)c3ccccc23)CC1. The molecule has 0 amide bonds. The van der Waals surface area contributed by atoms with Gasteiger partial charge in [0.1, 0.15) is 0 Å². The lowest BCUT2D eigenvalue weighted by molar-refractivity contribution is 0.687. The minimum absolute atomic E-state index is 0.219. The quantitative estimate of drug-likeness (QED) is 0.177. The maximum absolute atomic E-state index is 5.18. The van der Waals surface area contributed by atoms with E-state index in [1.807, 2.05) is 0 Å². The van der Waals surface area contributed by atoms with E-state index in [1.165, 1.54) is 71.0 Å². The summed E-state index contributed by atoms with van der Waals surface area (Å²) in [6, 6.07) is 53.4. The van der Waals surface area contributed by atoms with Crippen molar-refractivity contribution in [2.24, 2.45) is 11.8 Å². The molecule has 7 aromatic rings. The molecule has 1 heteroatoms. The summed E-state index contributed by atoms with van der Waals surface area (Å²) in [7, 11) is 0. The lowest BCUT2D eigenvalue weighted by Gasteiger charge is -2.34. The Kier molecular flexibility index (Phi) is 7.73. The number of benzene rings is 6. The summed E-state index contributed by atoms with van der Waals surface area (Å²) in [5.74, 6) is 0.438. The minimum atomic E-state index is 0.219. The molecule has 252 valence electrons. The Labute approximate surface area is 311 Å². The molecule has 0 N–H and O–H groups in total. The van der Waals surface area contributed by atoms with Crippen LogP contribution in [0.25, 0.3) is 60.8 Å². The minimum Gasteiger partial charge on any atom is -0.248 e. The molecule has 10 rings (SSSR count). The molecule has 53 heavy (non-hydrogen) atoms. The van der Waals surface area contributed by atoms with E-state index in [0.29, 0.717) is 0 Å². The molecule has 0 spiro atoms. The van der Waals surface area contributed by atoms with Gasteiger partial charge in [0, 0.05) is 23.0 Å². The Balaban J connectivity index is 1.11. The van der Waals surface area contributed by atoms with Crippen LogP contribution in [0, 0.1) is 11.8 Å². The highest BCUT2D eigenvalue weighted by molar-refractivity contribution is 6.02. The van der Waals surface area contributed by atoms with Gasteiger partial charge in [-0.15, -0.1) is 0 Å². The Morgan fingerprint density at radius 1 is 0.453 bits per heavy atom. The van der Waals surface area contributed by atoms with Crippen molar-refractivity contribution in [3.63, 3.8) is 0 Å². The van der Waals surface area contributed by atoms with Gasteiger partial charge in [-0.2, -0.15) is 0 Å². The lowest BCUT2D eigenvalue weighted by atomic mass is 9.69. The Hall–Kier alpha value is -6.31. The summed E-state index contributed by atoms with van der Waals surface area (Å²) in [6.07, 6.45) is 16.1. The van der Waals surface area contributed by atoms with Gasteiger partial charge in [0.25, 0.3) is 0 Å². The molecule has 3 aliphatic rings. The Morgan fingerprint density at radius 3 is 1.83 bits per heavy atom. The van der Waals surface area contributed by atoms with Crippen LogP contribution in [0.1, 0.15) is 36.5 Å². The van der Waals surface area contributed by atoms with E-state index < -0.39 is 0 Å². The van der Waals surface area contributed by atoms with Crippen molar-refractivity contribution in [2.45, 2.75) is 19.8 Å². The first kappa shape index (κ1) is 31.4. The molecule has 3 aliphatic carbocycles. The molecule has 0 fully saturated rings. The summed E-state index contributed by atoms with van der Waals surface area (Å²) in [5, 5.41) is 7.76. The third kappa shape index (κ3) is 5.43. The van der Waals surface area contributed by atoms with Crippen molar-refractivity contribution < 1.29 is 0 Å². The van der Waals surface area contributed by atoms with E-state index in [0.717, 1.165) is 35.4 Å². The van der Waals surface area contributed by atoms with Crippen molar-refractivity contribution in [1.29, 1.82) is 0 Å². The summed E-state index contributed by atoms with van der Waals surface area (Å²) in [4.78, 5) is 5.18. The van der Waals surface area contributed by atoms with Crippen LogP contribution < -0.4 is 10.4 Å². The number of hydrogen-bond acceptors (Lipinski definition) is 1. The van der Waals surface area contributed by atoms with Crippen molar-refractivity contribution >= 4 is 38.3 Å². The summed E-state index contributed by atoms with van der Waals surface area (Å²) < 4.78 is 0. The molecule has 1 heterocycles. The van der Waals surface area contributed by atoms with Crippen LogP contribution >= 0.6 is 0 Å². The highest BCUT2D eigenvalue weighted by Crippen LogP contribution is 2.43. The van der Waals surface area contributed by atoms with Gasteiger partial charge in [0.15, 0.2) is 0 Å². The Morgan fingerprint density at radius 2 is 1.06 bits per heavy atom. The summed E-state index contributed by atoms with van der Waals surface area (Å²) >= 11 is 0. The van der Waals surface area contributed by atoms with Crippen LogP contribution in [0.2, 0.25) is 0 Å². The van der Waals surface area contributed by atoms with Crippen molar-refractivity contribution in [1.82, 2.24) is 4.98 Å². The predicted molar refractivity (Wildman–Crippen MR) is 224 cm³/mol. The van der Waals surface area contributed by atoms with E-state index in [2.05, 4.69) is 189 Å². The second kappa shape index (κ2) is 13.0. The fourth-order valence-corrected chi connectivity index (χ4v) is 8.94. The van der Waals surface area contributed by atoms with E-state index >= 15 is 0 Å². The summed E-state index contributed by atoms with van der Waals surface area (Å²) in [6.45, 7) is 2.23. The van der Waals surface area contributed by atoms with Gasteiger partial charge in [-0.3, -0.25) is 0 Å². The van der Waals surface area contributed by atoms with Crippen LogP contribution in [0.4, 0.5) is 0 Å². The van der Waals surface area contributed by atoms with Gasteiger partial charge in [-0.25, -0.2) is 4.98 Å². The fourth-order valence-electron chi connectivity index (χ4n) is 8.94. The number of allylic oxidation sites excluding steroid dienone is 8. The number of aromatic nitrogens is 1. The third-order valence-corrected chi connectivity index (χ3v) is 11.5. The monoisotopic (exact) mass is 677 g/mol. The number of pyridine rings is 1. The van der Waals surface area contributed by atoms with Gasteiger partial charge in [-0.05, 0) is 97.3 Å². The molecule has 2 atom stereocenters. The van der Waals surface area contributed by atoms with Crippen molar-refractivity contribution in [2.75, 3.05) is 0 Å². The average Bonchev–Trinajstić information content (AvgIpc) is 3.23. The number of hydrogen-bond donors (Lipinski definition) is 0. The highest BCUT2D eigenvalue weighted by atomic mass is 14.7. The molecule has 6 aromatic carbocycles. The molecule has 1 nitrogen and oxygen atoms in total. The maximum Gasteiger partial charge on any atom is 0.0715 e. The second-order valence-corrected chi connectivity index (χ2v) is 14.6. The van der Waals surface area contributed by atoms with Gasteiger partial charge in [0.2, 0.25) is 0 Å². The number of fused-ring (bicyclic) bond motifs is 4. The molecule has 2 unspecified atom stereocenters. The van der Waals surface area contributed by atoms with Crippen LogP contribution in [0.5, 0.6) is 0 Å². The smallest absolute Gasteiger partial charge is 0.0715 e. The molecule has 0 bridgehead atoms. The van der Waals surface area contributed by atoms with Gasteiger partial charge < -0.3 is 0 Å². The number of nitrogens with zero attached hydrogens (tertiary/aromatic N) is 1. The largest absolute Gasteiger partial charge is 0.248 e. The third-order valence-electron chi connectivity index (χ3n) is 11.5. The Bertz CT molecular complexity index is 2840. The highest BCUT2D eigenvalue weighted by Gasteiger charge is 2.32. The van der Waals surface area contributed by atoms with E-state index in [-0.39, 0.29) is 11.8 Å². The van der Waals surface area contributed by atoms with Crippen molar-refractivity contribution in [3.05, 3.63) is 215 Å². The van der Waals surface area contributed by atoms with Crippen LogP contribution in [0.15, 0.2) is 188 Å². The molecule has 1 aromatic heterocycles. The van der Waals surface area contributed by atoms with Gasteiger partial charge in [0.05, 0.1) is 11.4 Å². The van der Waals surface area contributed by atoms with Crippen molar-refractivity contribution in [3.8, 4) is 22.5 Å². The predicted octanol–water partition coefficient (Wildman–Crippen LogP) is 11.6. The number of rotatable bonds is 5. The molecule has 0 aliphatic heterocycles. The van der Waals surface area contributed by atoms with Crippen LogP contribution in [-0.4, -0.2) is 4.98 Å². The maximum atomic E-state index is 5.18. The molecule has 0 saturated heterocycles. The molecule has 0 radical (unpaired) electrons. The zero-order chi connectivity index (χ0) is 35.3. The van der Waals surface area contributed by atoms with E-state index in [9.17, 15) is 0 Å². The van der Waals surface area contributed by atoms with E-state index in [1.54, 1.807) is 0 Å².